The van der Waals surface area contributed by atoms with Crippen molar-refractivity contribution in [3.63, 3.8) is 0 Å². The summed E-state index contributed by atoms with van der Waals surface area (Å²) in [4.78, 5) is 0. The molecule has 94 valence electrons. The molecule has 3 aromatic rings. The van der Waals surface area contributed by atoms with Crippen LogP contribution in [-0.4, -0.2) is 4.57 Å². The molecule has 19 heavy (non-hydrogen) atoms. The summed E-state index contributed by atoms with van der Waals surface area (Å²) in [6.45, 7) is 3.25. The molecule has 0 amide bonds. The van der Waals surface area contributed by atoms with E-state index in [9.17, 15) is 0 Å². The van der Waals surface area contributed by atoms with Gasteiger partial charge in [-0.1, -0.05) is 35.9 Å². The van der Waals surface area contributed by atoms with E-state index in [2.05, 4.69) is 66.2 Å². The Morgan fingerprint density at radius 2 is 2.00 bits per heavy atom. The van der Waals surface area contributed by atoms with Gasteiger partial charge in [-0.15, -0.1) is 0 Å². The first-order chi connectivity index (χ1) is 9.31. The van der Waals surface area contributed by atoms with Crippen molar-refractivity contribution in [2.75, 3.05) is 0 Å². The number of hydrogen-bond acceptors (Lipinski definition) is 0. The van der Waals surface area contributed by atoms with Crippen molar-refractivity contribution >= 4 is 10.9 Å². The summed E-state index contributed by atoms with van der Waals surface area (Å²) in [5.74, 6) is 0.688. The quantitative estimate of drug-likeness (QED) is 0.636. The Kier molecular flexibility index (Phi) is 2.28. The summed E-state index contributed by atoms with van der Waals surface area (Å²) >= 11 is 0. The summed E-state index contributed by atoms with van der Waals surface area (Å²) in [6.07, 6.45) is 3.45. The van der Waals surface area contributed by atoms with Gasteiger partial charge in [0, 0.05) is 24.2 Å². The first-order valence-corrected chi connectivity index (χ1v) is 6.94. The highest BCUT2D eigenvalue weighted by Crippen LogP contribution is 2.36. The molecular formula is C18H17N. The summed E-state index contributed by atoms with van der Waals surface area (Å²) in [7, 11) is 0. The molecule has 0 saturated heterocycles. The van der Waals surface area contributed by atoms with Crippen molar-refractivity contribution in [2.24, 2.45) is 0 Å². The number of nitrogens with zero attached hydrogens (tertiary/aromatic N) is 1. The van der Waals surface area contributed by atoms with E-state index in [0.717, 1.165) is 6.54 Å². The van der Waals surface area contributed by atoms with Crippen LogP contribution in [0.25, 0.3) is 10.9 Å². The first kappa shape index (κ1) is 10.9. The fourth-order valence-electron chi connectivity index (χ4n) is 3.24. The molecule has 0 radical (unpaired) electrons. The molecule has 1 nitrogen and oxygen atoms in total. The number of fused-ring (bicyclic) bond motifs is 2. The minimum absolute atomic E-state index is 0.688. The van der Waals surface area contributed by atoms with Crippen molar-refractivity contribution in [1.82, 2.24) is 4.57 Å². The lowest BCUT2D eigenvalue weighted by atomic mass is 9.77. The molecule has 1 aliphatic carbocycles. The molecule has 1 unspecified atom stereocenters. The van der Waals surface area contributed by atoms with E-state index in [4.69, 9.17) is 0 Å². The van der Waals surface area contributed by atoms with Crippen molar-refractivity contribution < 1.29 is 0 Å². The topological polar surface area (TPSA) is 4.93 Å². The molecule has 0 spiro atoms. The minimum Gasteiger partial charge on any atom is -0.347 e. The second kappa shape index (κ2) is 3.99. The van der Waals surface area contributed by atoms with Gasteiger partial charge in [0.25, 0.3) is 0 Å². The van der Waals surface area contributed by atoms with Crippen LogP contribution in [0.4, 0.5) is 0 Å². The van der Waals surface area contributed by atoms with Crippen LogP contribution in [0, 0.1) is 6.92 Å². The van der Waals surface area contributed by atoms with Crippen LogP contribution in [0.2, 0.25) is 0 Å². The van der Waals surface area contributed by atoms with Crippen LogP contribution in [0.5, 0.6) is 0 Å². The summed E-state index contributed by atoms with van der Waals surface area (Å²) in [5, 5.41) is 1.35. The maximum atomic E-state index is 2.40. The lowest BCUT2D eigenvalue weighted by Gasteiger charge is -2.30. The number of hydrogen-bond donors (Lipinski definition) is 0. The van der Waals surface area contributed by atoms with Gasteiger partial charge >= 0.3 is 0 Å². The lowest BCUT2D eigenvalue weighted by molar-refractivity contribution is 0.518. The Morgan fingerprint density at radius 3 is 2.89 bits per heavy atom. The number of aryl methyl sites for hydroxylation is 1. The zero-order chi connectivity index (χ0) is 12.8. The predicted octanol–water partition coefficient (Wildman–Crippen LogP) is 4.29. The highest BCUT2D eigenvalue weighted by atomic mass is 15.0. The Hall–Kier alpha value is -2.02. The van der Waals surface area contributed by atoms with E-state index in [1.54, 1.807) is 0 Å². The molecule has 1 atom stereocenters. The Morgan fingerprint density at radius 1 is 1.11 bits per heavy atom. The van der Waals surface area contributed by atoms with Gasteiger partial charge in [0.1, 0.15) is 0 Å². The average Bonchev–Trinajstić information content (AvgIpc) is 2.78. The maximum Gasteiger partial charge on any atom is 0.0480 e. The molecule has 1 heteroatoms. The molecule has 0 N–H and O–H groups in total. The molecule has 0 aliphatic heterocycles. The van der Waals surface area contributed by atoms with Gasteiger partial charge in [-0.05, 0) is 48.1 Å². The van der Waals surface area contributed by atoms with Crippen LogP contribution < -0.4 is 0 Å². The van der Waals surface area contributed by atoms with E-state index < -0.39 is 0 Å². The van der Waals surface area contributed by atoms with E-state index in [0.29, 0.717) is 5.92 Å². The van der Waals surface area contributed by atoms with Crippen LogP contribution in [0.15, 0.2) is 54.7 Å². The molecular weight excluding hydrogens is 230 g/mol. The standard InChI is InChI=1S/C18H17N/c1-13-6-7-18-15(10-13)8-9-19(18)12-16-11-14-4-2-3-5-17(14)16/h2-10,16H,11-12H2,1H3. The average molecular weight is 247 g/mol. The lowest BCUT2D eigenvalue weighted by Crippen LogP contribution is -2.21. The molecule has 1 heterocycles. The molecule has 0 bridgehead atoms. The zero-order valence-corrected chi connectivity index (χ0v) is 11.1. The fraction of sp³-hybridized carbons (Fsp3) is 0.222. The molecule has 0 saturated carbocycles. The third-order valence-electron chi connectivity index (χ3n) is 4.30. The molecule has 1 aliphatic rings. The highest BCUT2D eigenvalue weighted by molar-refractivity contribution is 5.80. The highest BCUT2D eigenvalue weighted by Gasteiger charge is 2.25. The predicted molar refractivity (Wildman–Crippen MR) is 79.6 cm³/mol. The van der Waals surface area contributed by atoms with Crippen molar-refractivity contribution in [1.29, 1.82) is 0 Å². The molecule has 1 aromatic heterocycles. The fourth-order valence-corrected chi connectivity index (χ4v) is 3.24. The largest absolute Gasteiger partial charge is 0.347 e. The third-order valence-corrected chi connectivity index (χ3v) is 4.30. The summed E-state index contributed by atoms with van der Waals surface area (Å²) < 4.78 is 2.40. The van der Waals surface area contributed by atoms with E-state index in [-0.39, 0.29) is 0 Å². The van der Waals surface area contributed by atoms with Crippen LogP contribution >= 0.6 is 0 Å². The smallest absolute Gasteiger partial charge is 0.0480 e. The normalized spacial score (nSPS) is 17.2. The van der Waals surface area contributed by atoms with Gasteiger partial charge in [-0.3, -0.25) is 0 Å². The summed E-state index contributed by atoms with van der Waals surface area (Å²) in [6, 6.07) is 17.8. The zero-order valence-electron chi connectivity index (χ0n) is 11.1. The molecule has 4 rings (SSSR count). The van der Waals surface area contributed by atoms with Crippen LogP contribution in [-0.2, 0) is 13.0 Å². The maximum absolute atomic E-state index is 2.40. The second-order valence-corrected chi connectivity index (χ2v) is 5.63. The van der Waals surface area contributed by atoms with Gasteiger partial charge in [-0.25, -0.2) is 0 Å². The van der Waals surface area contributed by atoms with Gasteiger partial charge in [0.2, 0.25) is 0 Å². The van der Waals surface area contributed by atoms with Gasteiger partial charge in [-0.2, -0.15) is 0 Å². The Labute approximate surface area is 113 Å². The minimum atomic E-state index is 0.688. The first-order valence-electron chi connectivity index (χ1n) is 6.94. The van der Waals surface area contributed by atoms with Gasteiger partial charge in [0.05, 0.1) is 0 Å². The van der Waals surface area contributed by atoms with Crippen LogP contribution in [0.3, 0.4) is 0 Å². The van der Waals surface area contributed by atoms with Crippen molar-refractivity contribution in [3.05, 3.63) is 71.4 Å². The van der Waals surface area contributed by atoms with Crippen LogP contribution in [0.1, 0.15) is 22.6 Å². The van der Waals surface area contributed by atoms with E-state index >= 15 is 0 Å². The number of rotatable bonds is 2. The third kappa shape index (κ3) is 1.69. The second-order valence-electron chi connectivity index (χ2n) is 5.63. The SMILES string of the molecule is Cc1ccc2c(ccn2CC2Cc3ccccc32)c1. The van der Waals surface area contributed by atoms with E-state index in [1.807, 2.05) is 0 Å². The molecule has 0 fully saturated rings. The monoisotopic (exact) mass is 247 g/mol. The van der Waals surface area contributed by atoms with Crippen molar-refractivity contribution in [3.8, 4) is 0 Å². The van der Waals surface area contributed by atoms with E-state index in [1.165, 1.54) is 34.0 Å². The van der Waals surface area contributed by atoms with Gasteiger partial charge in [0.15, 0.2) is 0 Å². The Bertz CT molecular complexity index is 751. The molecule has 2 aromatic carbocycles. The van der Waals surface area contributed by atoms with Gasteiger partial charge < -0.3 is 4.57 Å². The summed E-state index contributed by atoms with van der Waals surface area (Å²) in [5.41, 5.74) is 5.76. The Balaban J connectivity index is 1.67. The van der Waals surface area contributed by atoms with Crippen molar-refractivity contribution in [2.45, 2.75) is 25.8 Å². The number of benzene rings is 2. The number of aromatic nitrogens is 1.